The number of quaternary nitrogens is 1. The van der Waals surface area contributed by atoms with E-state index in [0.29, 0.717) is 5.69 Å². The maximum absolute atomic E-state index is 13.5. The Labute approximate surface area is 88.8 Å². The molecule has 1 N–H and O–H groups in total. The highest BCUT2D eigenvalue weighted by molar-refractivity contribution is 5.37. The maximum Gasteiger partial charge on any atom is 0.184 e. The van der Waals surface area contributed by atoms with Crippen LogP contribution in [0.3, 0.4) is 0 Å². The summed E-state index contributed by atoms with van der Waals surface area (Å²) >= 11 is 0. The molecule has 15 heavy (non-hydrogen) atoms. The number of hydrogen-bond acceptors (Lipinski definition) is 0. The van der Waals surface area contributed by atoms with Crippen molar-refractivity contribution in [3.05, 3.63) is 60.4 Å². The summed E-state index contributed by atoms with van der Waals surface area (Å²) in [6, 6.07) is 16.7. The van der Waals surface area contributed by atoms with Crippen LogP contribution in [0, 0.1) is 5.82 Å². The maximum atomic E-state index is 13.5. The largest absolute Gasteiger partial charge is 0.270 e. The van der Waals surface area contributed by atoms with Crippen molar-refractivity contribution < 1.29 is 9.29 Å². The van der Waals surface area contributed by atoms with E-state index < -0.39 is 0 Å². The van der Waals surface area contributed by atoms with Crippen LogP contribution >= 0.6 is 0 Å². The Bertz CT molecular complexity index is 439. The predicted molar refractivity (Wildman–Crippen MR) is 59.0 cm³/mol. The van der Waals surface area contributed by atoms with E-state index in [2.05, 4.69) is 0 Å². The zero-order valence-electron chi connectivity index (χ0n) is 8.57. The molecule has 1 unspecified atom stereocenters. The standard InChI is InChI=1S/C13H12FN/c1-15(11-7-3-2-4-8-11)13-10-6-5-9-12(13)14/h2-10H,1H3/p+1. The van der Waals surface area contributed by atoms with Gasteiger partial charge in [-0.25, -0.2) is 4.39 Å². The van der Waals surface area contributed by atoms with Crippen LogP contribution in [0.15, 0.2) is 54.6 Å². The van der Waals surface area contributed by atoms with E-state index in [1.807, 2.05) is 43.4 Å². The van der Waals surface area contributed by atoms with Gasteiger partial charge >= 0.3 is 0 Å². The highest BCUT2D eigenvalue weighted by Gasteiger charge is 2.13. The molecule has 1 nitrogen and oxygen atoms in total. The molecule has 0 aliphatic heterocycles. The molecule has 2 rings (SSSR count). The molecule has 1 atom stereocenters. The summed E-state index contributed by atoms with van der Waals surface area (Å²) in [6.07, 6.45) is 0. The monoisotopic (exact) mass is 202 g/mol. The Balaban J connectivity index is 2.37. The first-order valence-electron chi connectivity index (χ1n) is 4.93. The average molecular weight is 202 g/mol. The number of hydrogen-bond donors (Lipinski definition) is 1. The normalized spacial score (nSPS) is 12.4. The van der Waals surface area contributed by atoms with Gasteiger partial charge in [0.05, 0.1) is 7.05 Å². The Morgan fingerprint density at radius 3 is 2.13 bits per heavy atom. The second-order valence-corrected chi connectivity index (χ2v) is 3.47. The van der Waals surface area contributed by atoms with Crippen LogP contribution in [0.2, 0.25) is 0 Å². The summed E-state index contributed by atoms with van der Waals surface area (Å²) in [6.45, 7) is 0. The zero-order valence-corrected chi connectivity index (χ0v) is 8.57. The number of rotatable bonds is 2. The van der Waals surface area contributed by atoms with E-state index in [1.165, 1.54) is 6.07 Å². The smallest absolute Gasteiger partial charge is 0.184 e. The molecule has 0 amide bonds. The van der Waals surface area contributed by atoms with E-state index >= 15 is 0 Å². The van der Waals surface area contributed by atoms with Crippen LogP contribution < -0.4 is 4.90 Å². The summed E-state index contributed by atoms with van der Waals surface area (Å²) in [5.41, 5.74) is 1.73. The zero-order chi connectivity index (χ0) is 10.7. The quantitative estimate of drug-likeness (QED) is 0.762. The molecule has 0 heterocycles. The topological polar surface area (TPSA) is 4.44 Å². The third-order valence-electron chi connectivity index (χ3n) is 2.48. The van der Waals surface area contributed by atoms with Gasteiger partial charge in [-0.3, -0.25) is 4.90 Å². The lowest BCUT2D eigenvalue weighted by Gasteiger charge is -2.12. The van der Waals surface area contributed by atoms with E-state index in [9.17, 15) is 4.39 Å². The molecule has 0 saturated heterocycles. The molecule has 0 radical (unpaired) electrons. The van der Waals surface area contributed by atoms with Gasteiger partial charge in [-0.05, 0) is 18.2 Å². The van der Waals surface area contributed by atoms with Crippen molar-refractivity contribution in [3.63, 3.8) is 0 Å². The van der Waals surface area contributed by atoms with Gasteiger partial charge in [0.2, 0.25) is 0 Å². The first-order chi connectivity index (χ1) is 7.29. The van der Waals surface area contributed by atoms with Gasteiger partial charge in [0.1, 0.15) is 5.69 Å². The van der Waals surface area contributed by atoms with Crippen LogP contribution in [-0.2, 0) is 0 Å². The molecule has 76 valence electrons. The van der Waals surface area contributed by atoms with Crippen LogP contribution in [0.4, 0.5) is 15.8 Å². The lowest BCUT2D eigenvalue weighted by atomic mass is 10.2. The Hall–Kier alpha value is -1.67. The Morgan fingerprint density at radius 1 is 0.867 bits per heavy atom. The van der Waals surface area contributed by atoms with Gasteiger partial charge in [-0.1, -0.05) is 30.3 Å². The van der Waals surface area contributed by atoms with E-state index in [1.54, 1.807) is 12.1 Å². The summed E-state index contributed by atoms with van der Waals surface area (Å²) in [5, 5.41) is 0. The molecule has 2 aromatic carbocycles. The molecule has 0 bridgehead atoms. The minimum atomic E-state index is -0.168. The lowest BCUT2D eigenvalue weighted by Crippen LogP contribution is -2.98. The van der Waals surface area contributed by atoms with Gasteiger partial charge in [-0.15, -0.1) is 0 Å². The summed E-state index contributed by atoms with van der Waals surface area (Å²) in [5.74, 6) is -0.168. The van der Waals surface area contributed by atoms with E-state index in [-0.39, 0.29) is 5.82 Å². The van der Waals surface area contributed by atoms with Gasteiger partial charge in [0.15, 0.2) is 11.5 Å². The molecule has 0 saturated carbocycles. The van der Waals surface area contributed by atoms with Crippen LogP contribution in [0.5, 0.6) is 0 Å². The lowest BCUT2D eigenvalue weighted by molar-refractivity contribution is -0.736. The van der Waals surface area contributed by atoms with Crippen LogP contribution in [-0.4, -0.2) is 7.05 Å². The third-order valence-corrected chi connectivity index (χ3v) is 2.48. The van der Waals surface area contributed by atoms with Gasteiger partial charge in [0, 0.05) is 6.07 Å². The van der Waals surface area contributed by atoms with Crippen LogP contribution in [0.1, 0.15) is 0 Å². The first-order valence-corrected chi connectivity index (χ1v) is 4.93. The summed E-state index contributed by atoms with van der Waals surface area (Å²) < 4.78 is 13.5. The number of para-hydroxylation sites is 2. The van der Waals surface area contributed by atoms with Crippen molar-refractivity contribution >= 4 is 11.4 Å². The Morgan fingerprint density at radius 2 is 1.47 bits per heavy atom. The molecule has 2 aromatic rings. The SMILES string of the molecule is C[NH+](c1ccccc1)c1ccccc1F. The minimum Gasteiger partial charge on any atom is -0.270 e. The molecular weight excluding hydrogens is 189 g/mol. The highest BCUT2D eigenvalue weighted by Crippen LogP contribution is 2.10. The predicted octanol–water partition coefficient (Wildman–Crippen LogP) is 2.30. The second-order valence-electron chi connectivity index (χ2n) is 3.47. The van der Waals surface area contributed by atoms with Crippen LogP contribution in [0.25, 0.3) is 0 Å². The van der Waals surface area contributed by atoms with Gasteiger partial charge in [0.25, 0.3) is 0 Å². The number of benzene rings is 2. The van der Waals surface area contributed by atoms with Crippen molar-refractivity contribution in [1.82, 2.24) is 0 Å². The van der Waals surface area contributed by atoms with Crippen molar-refractivity contribution in [2.24, 2.45) is 0 Å². The van der Waals surface area contributed by atoms with Crippen molar-refractivity contribution in [2.45, 2.75) is 0 Å². The number of nitrogens with one attached hydrogen (secondary N) is 1. The fourth-order valence-corrected chi connectivity index (χ4v) is 1.61. The molecule has 0 fully saturated rings. The minimum absolute atomic E-state index is 0.168. The van der Waals surface area contributed by atoms with Gasteiger partial charge < -0.3 is 0 Å². The third kappa shape index (κ3) is 2.05. The fourth-order valence-electron chi connectivity index (χ4n) is 1.61. The van der Waals surface area contributed by atoms with Crippen molar-refractivity contribution in [3.8, 4) is 0 Å². The van der Waals surface area contributed by atoms with E-state index in [0.717, 1.165) is 10.6 Å². The second kappa shape index (κ2) is 4.24. The Kier molecular flexibility index (Phi) is 2.79. The van der Waals surface area contributed by atoms with Crippen molar-refractivity contribution in [2.75, 3.05) is 7.05 Å². The molecule has 2 heteroatoms. The summed E-state index contributed by atoms with van der Waals surface area (Å²) in [7, 11) is 1.94. The molecule has 0 aliphatic rings. The van der Waals surface area contributed by atoms with Gasteiger partial charge in [-0.2, -0.15) is 0 Å². The summed E-state index contributed by atoms with van der Waals surface area (Å²) in [4.78, 5) is 0.966. The van der Waals surface area contributed by atoms with Crippen molar-refractivity contribution in [1.29, 1.82) is 0 Å². The highest BCUT2D eigenvalue weighted by atomic mass is 19.1. The average Bonchev–Trinajstić information content (AvgIpc) is 2.30. The molecular formula is C13H13FN+. The first kappa shape index (κ1) is 9.87. The molecule has 0 aromatic heterocycles. The number of halogens is 1. The molecule has 0 spiro atoms. The fraction of sp³-hybridized carbons (Fsp3) is 0.0769. The van der Waals surface area contributed by atoms with E-state index in [4.69, 9.17) is 0 Å². The molecule has 0 aliphatic carbocycles.